The maximum absolute atomic E-state index is 13.9. The van der Waals surface area contributed by atoms with E-state index in [0.29, 0.717) is 18.3 Å². The van der Waals surface area contributed by atoms with E-state index in [1.807, 2.05) is 0 Å². The molecule has 6 heteroatoms. The summed E-state index contributed by atoms with van der Waals surface area (Å²) >= 11 is 0. The molecule has 1 aromatic rings. The second-order valence-electron chi connectivity index (χ2n) is 5.55. The van der Waals surface area contributed by atoms with Crippen LogP contribution >= 0.6 is 0 Å². The minimum atomic E-state index is -0.563. The summed E-state index contributed by atoms with van der Waals surface area (Å²) in [5.74, 6) is -0.365. The molecule has 0 atom stereocenters. The number of carbonyl (C=O) groups is 1. The second kappa shape index (κ2) is 7.76. The molecule has 0 radical (unpaired) electrons. The van der Waals surface area contributed by atoms with E-state index in [-0.39, 0.29) is 12.1 Å². The number of amides is 1. The van der Waals surface area contributed by atoms with Crippen LogP contribution < -0.4 is 10.1 Å². The fourth-order valence-corrected chi connectivity index (χ4v) is 2.44. The number of likely N-dealkylation sites (tertiary alicyclic amines) is 1. The van der Waals surface area contributed by atoms with Crippen molar-refractivity contribution in [1.29, 1.82) is 5.26 Å². The highest BCUT2D eigenvalue weighted by molar-refractivity contribution is 5.93. The molecule has 1 aliphatic heterocycles. The van der Waals surface area contributed by atoms with Crippen molar-refractivity contribution in [2.45, 2.75) is 19.3 Å². The Morgan fingerprint density at radius 3 is 2.91 bits per heavy atom. The minimum absolute atomic E-state index is 0.00989. The van der Waals surface area contributed by atoms with Gasteiger partial charge in [-0.25, -0.2) is 4.39 Å². The maximum Gasteiger partial charge on any atom is 0.238 e. The molecular weight excluding hydrogens is 285 g/mol. The van der Waals surface area contributed by atoms with Crippen molar-refractivity contribution >= 4 is 11.6 Å². The molecule has 1 heterocycles. The quantitative estimate of drug-likeness (QED) is 0.907. The zero-order valence-corrected chi connectivity index (χ0v) is 12.6. The van der Waals surface area contributed by atoms with Crippen molar-refractivity contribution in [3.8, 4) is 11.8 Å². The first-order valence-corrected chi connectivity index (χ1v) is 7.37. The summed E-state index contributed by atoms with van der Waals surface area (Å²) in [5.41, 5.74) is 0.00989. The molecule has 0 aromatic heterocycles. The summed E-state index contributed by atoms with van der Waals surface area (Å²) in [6, 6.07) is 6.15. The van der Waals surface area contributed by atoms with Crippen molar-refractivity contribution < 1.29 is 13.9 Å². The molecule has 1 saturated heterocycles. The van der Waals surface area contributed by atoms with Crippen LogP contribution in [0.3, 0.4) is 0 Å². The molecule has 1 amide bonds. The van der Waals surface area contributed by atoms with E-state index in [2.05, 4.69) is 17.3 Å². The van der Waals surface area contributed by atoms with Crippen LogP contribution in [0, 0.1) is 23.1 Å². The molecule has 1 N–H and O–H groups in total. The highest BCUT2D eigenvalue weighted by Gasteiger charge is 2.19. The largest absolute Gasteiger partial charge is 0.491 e. The van der Waals surface area contributed by atoms with E-state index >= 15 is 0 Å². The Labute approximate surface area is 129 Å². The number of piperidine rings is 1. The normalized spacial score (nSPS) is 16.0. The summed E-state index contributed by atoms with van der Waals surface area (Å²) < 4.78 is 19.6. The van der Waals surface area contributed by atoms with E-state index in [1.54, 1.807) is 18.2 Å². The molecule has 22 heavy (non-hydrogen) atoms. The van der Waals surface area contributed by atoms with E-state index in [0.717, 1.165) is 25.9 Å². The molecule has 0 saturated carbocycles. The number of hydrogen-bond acceptors (Lipinski definition) is 4. The van der Waals surface area contributed by atoms with E-state index in [1.165, 1.54) is 6.07 Å². The number of rotatable bonds is 5. The molecule has 0 spiro atoms. The van der Waals surface area contributed by atoms with Crippen molar-refractivity contribution in [2.24, 2.45) is 5.92 Å². The number of nitrogens with zero attached hydrogens (tertiary/aromatic N) is 2. The summed E-state index contributed by atoms with van der Waals surface area (Å²) in [6.07, 6.45) is 1.77. The number of halogens is 1. The predicted molar refractivity (Wildman–Crippen MR) is 81.0 cm³/mol. The summed E-state index contributed by atoms with van der Waals surface area (Å²) in [7, 11) is 2.09. The number of benzene rings is 1. The zero-order valence-electron chi connectivity index (χ0n) is 12.6. The number of anilines is 1. The highest BCUT2D eigenvalue weighted by Crippen LogP contribution is 2.29. The van der Waals surface area contributed by atoms with Crippen LogP contribution in [0.5, 0.6) is 5.75 Å². The van der Waals surface area contributed by atoms with E-state index < -0.39 is 11.7 Å². The predicted octanol–water partition coefficient (Wildman–Crippen LogP) is 2.40. The number of hydrogen-bond donors (Lipinski definition) is 1. The van der Waals surface area contributed by atoms with Gasteiger partial charge in [-0.2, -0.15) is 5.26 Å². The molecule has 5 nitrogen and oxygen atoms in total. The Kier molecular flexibility index (Phi) is 5.73. The number of carbonyl (C=O) groups excluding carboxylic acids is 1. The first kappa shape index (κ1) is 16.2. The zero-order chi connectivity index (χ0) is 15.9. The summed E-state index contributed by atoms with van der Waals surface area (Å²) in [6.45, 7) is 2.56. The Bertz CT molecular complexity index is 563. The monoisotopic (exact) mass is 305 g/mol. The lowest BCUT2D eigenvalue weighted by Gasteiger charge is -2.29. The SMILES string of the molecule is CN1CCC(COc2cccc(F)c2NC(=O)CC#N)CC1. The lowest BCUT2D eigenvalue weighted by Crippen LogP contribution is -2.32. The van der Waals surface area contributed by atoms with Crippen LogP contribution in [-0.2, 0) is 4.79 Å². The Morgan fingerprint density at radius 1 is 1.50 bits per heavy atom. The number of nitrogens with one attached hydrogen (secondary N) is 1. The fourth-order valence-electron chi connectivity index (χ4n) is 2.44. The van der Waals surface area contributed by atoms with Crippen LogP contribution in [0.15, 0.2) is 18.2 Å². The highest BCUT2D eigenvalue weighted by atomic mass is 19.1. The Balaban J connectivity index is 1.99. The van der Waals surface area contributed by atoms with Crippen LogP contribution in [0.2, 0.25) is 0 Å². The third kappa shape index (κ3) is 4.43. The number of para-hydroxylation sites is 1. The van der Waals surface area contributed by atoms with E-state index in [9.17, 15) is 9.18 Å². The van der Waals surface area contributed by atoms with Gasteiger partial charge in [0.2, 0.25) is 5.91 Å². The molecule has 1 aromatic carbocycles. The average Bonchev–Trinajstić information content (AvgIpc) is 2.50. The molecule has 0 aliphatic carbocycles. The molecule has 2 rings (SSSR count). The van der Waals surface area contributed by atoms with Gasteiger partial charge in [0, 0.05) is 0 Å². The van der Waals surface area contributed by atoms with Gasteiger partial charge in [-0.05, 0) is 51.0 Å². The molecule has 0 bridgehead atoms. The Hall–Kier alpha value is -2.13. The minimum Gasteiger partial charge on any atom is -0.491 e. The molecule has 118 valence electrons. The number of nitriles is 1. The van der Waals surface area contributed by atoms with Gasteiger partial charge in [0.15, 0.2) is 5.82 Å². The first-order valence-electron chi connectivity index (χ1n) is 7.37. The number of ether oxygens (including phenoxy) is 1. The van der Waals surface area contributed by atoms with Gasteiger partial charge >= 0.3 is 0 Å². The Morgan fingerprint density at radius 2 is 2.23 bits per heavy atom. The average molecular weight is 305 g/mol. The third-order valence-electron chi connectivity index (χ3n) is 3.79. The second-order valence-corrected chi connectivity index (χ2v) is 5.55. The van der Waals surface area contributed by atoms with Gasteiger partial charge in [0.1, 0.15) is 17.9 Å². The van der Waals surface area contributed by atoms with Gasteiger partial charge in [0.05, 0.1) is 12.7 Å². The van der Waals surface area contributed by atoms with Gasteiger partial charge < -0.3 is 15.0 Å². The topological polar surface area (TPSA) is 65.4 Å². The van der Waals surface area contributed by atoms with Crippen LogP contribution in [0.4, 0.5) is 10.1 Å². The van der Waals surface area contributed by atoms with Crippen LogP contribution in [0.25, 0.3) is 0 Å². The van der Waals surface area contributed by atoms with Crippen LogP contribution in [-0.4, -0.2) is 37.6 Å². The van der Waals surface area contributed by atoms with Crippen molar-refractivity contribution in [3.05, 3.63) is 24.0 Å². The van der Waals surface area contributed by atoms with Gasteiger partial charge in [-0.15, -0.1) is 0 Å². The molecular formula is C16H20FN3O2. The van der Waals surface area contributed by atoms with Crippen LogP contribution in [0.1, 0.15) is 19.3 Å². The smallest absolute Gasteiger partial charge is 0.238 e. The molecule has 1 aliphatic rings. The van der Waals surface area contributed by atoms with Crippen molar-refractivity contribution in [2.75, 3.05) is 32.1 Å². The lowest BCUT2D eigenvalue weighted by molar-refractivity contribution is -0.115. The standard InChI is InChI=1S/C16H20FN3O2/c1-20-9-6-12(7-10-20)11-22-14-4-2-3-13(17)16(14)19-15(21)5-8-18/h2-4,12H,5-7,9-11H2,1H3,(H,19,21). The maximum atomic E-state index is 13.9. The van der Waals surface area contributed by atoms with Gasteiger partial charge in [-0.1, -0.05) is 6.07 Å². The molecule has 0 unspecified atom stereocenters. The van der Waals surface area contributed by atoms with E-state index in [4.69, 9.17) is 10.00 Å². The van der Waals surface area contributed by atoms with Gasteiger partial charge in [0.25, 0.3) is 0 Å². The van der Waals surface area contributed by atoms with Gasteiger partial charge in [-0.3, -0.25) is 4.79 Å². The van der Waals surface area contributed by atoms with Crippen molar-refractivity contribution in [1.82, 2.24) is 4.90 Å². The summed E-state index contributed by atoms with van der Waals surface area (Å²) in [5, 5.41) is 10.9. The fraction of sp³-hybridized carbons (Fsp3) is 0.500. The third-order valence-corrected chi connectivity index (χ3v) is 3.79. The first-order chi connectivity index (χ1) is 10.6. The summed E-state index contributed by atoms with van der Waals surface area (Å²) in [4.78, 5) is 13.8. The molecule has 1 fully saturated rings. The van der Waals surface area contributed by atoms with Crippen molar-refractivity contribution in [3.63, 3.8) is 0 Å². The lowest BCUT2D eigenvalue weighted by atomic mass is 9.98.